The second-order valence-electron chi connectivity index (χ2n) is 6.54. The van der Waals surface area contributed by atoms with Gasteiger partial charge in [0.1, 0.15) is 0 Å². The van der Waals surface area contributed by atoms with Gasteiger partial charge in [-0.15, -0.1) is 5.10 Å². The molecule has 3 heterocycles. The Hall–Kier alpha value is -1.83. The Morgan fingerprint density at radius 1 is 1.27 bits per heavy atom. The Labute approximate surface area is 128 Å². The highest BCUT2D eigenvalue weighted by molar-refractivity contribution is 5.01. The van der Waals surface area contributed by atoms with Gasteiger partial charge in [0.15, 0.2) is 11.6 Å². The maximum absolute atomic E-state index is 5.36. The van der Waals surface area contributed by atoms with Crippen LogP contribution in [0.2, 0.25) is 0 Å². The van der Waals surface area contributed by atoms with Crippen molar-refractivity contribution in [2.45, 2.75) is 64.1 Å². The highest BCUT2D eigenvalue weighted by Crippen LogP contribution is 2.36. The minimum absolute atomic E-state index is 0.209. The summed E-state index contributed by atoms with van der Waals surface area (Å²) < 4.78 is 7.34. The normalized spacial score (nSPS) is 22.8. The van der Waals surface area contributed by atoms with Crippen molar-refractivity contribution in [3.8, 4) is 0 Å². The Kier molecular flexibility index (Phi) is 3.40. The summed E-state index contributed by atoms with van der Waals surface area (Å²) in [7, 11) is 0. The van der Waals surface area contributed by atoms with Crippen molar-refractivity contribution in [3.05, 3.63) is 17.5 Å². The molecule has 22 heavy (non-hydrogen) atoms. The van der Waals surface area contributed by atoms with Gasteiger partial charge >= 0.3 is 0 Å². The van der Waals surface area contributed by atoms with Crippen LogP contribution in [0.3, 0.4) is 0 Å². The summed E-state index contributed by atoms with van der Waals surface area (Å²) in [6, 6.07) is 0.712. The van der Waals surface area contributed by atoms with Crippen LogP contribution in [0.1, 0.15) is 75.1 Å². The Morgan fingerprint density at radius 3 is 2.86 bits per heavy atom. The standard InChI is InChI=1S/C14H21N7O/c1-9(2)14-15-13(17-22-14)11-4-3-7-20(11)8-12-16-18-19-21(12)10-5-6-10/h9-11H,3-8H2,1-2H3/t11-/m0/s1. The van der Waals surface area contributed by atoms with E-state index in [-0.39, 0.29) is 12.0 Å². The average Bonchev–Trinajstić information content (AvgIpc) is 2.95. The predicted octanol–water partition coefficient (Wildman–Crippen LogP) is 1.85. The van der Waals surface area contributed by atoms with Gasteiger partial charge in [0.2, 0.25) is 5.89 Å². The lowest BCUT2D eigenvalue weighted by Gasteiger charge is -2.20. The summed E-state index contributed by atoms with van der Waals surface area (Å²) in [5, 5.41) is 16.3. The molecule has 2 aliphatic rings. The number of nitrogens with zero attached hydrogens (tertiary/aromatic N) is 7. The lowest BCUT2D eigenvalue weighted by molar-refractivity contribution is 0.224. The third kappa shape index (κ3) is 2.51. The maximum Gasteiger partial charge on any atom is 0.229 e. The smallest absolute Gasteiger partial charge is 0.229 e. The predicted molar refractivity (Wildman–Crippen MR) is 76.9 cm³/mol. The molecule has 118 valence electrons. The topological polar surface area (TPSA) is 85.8 Å². The van der Waals surface area contributed by atoms with Crippen LogP contribution in [-0.2, 0) is 6.54 Å². The summed E-state index contributed by atoms with van der Waals surface area (Å²) in [5.41, 5.74) is 0. The third-order valence-electron chi connectivity index (χ3n) is 4.41. The highest BCUT2D eigenvalue weighted by atomic mass is 16.5. The molecule has 8 nitrogen and oxygen atoms in total. The number of aromatic nitrogens is 6. The van der Waals surface area contributed by atoms with Gasteiger partial charge in [0, 0.05) is 5.92 Å². The molecule has 2 aromatic heterocycles. The zero-order valence-electron chi connectivity index (χ0n) is 13.0. The van der Waals surface area contributed by atoms with Crippen molar-refractivity contribution in [1.82, 2.24) is 35.2 Å². The number of likely N-dealkylation sites (tertiary alicyclic amines) is 1. The first-order valence-electron chi connectivity index (χ1n) is 8.06. The molecule has 0 bridgehead atoms. The van der Waals surface area contributed by atoms with E-state index in [0.717, 1.165) is 37.6 Å². The molecule has 2 aromatic rings. The lowest BCUT2D eigenvalue weighted by Crippen LogP contribution is -2.25. The van der Waals surface area contributed by atoms with E-state index in [2.05, 4.69) is 44.4 Å². The number of hydrogen-bond acceptors (Lipinski definition) is 7. The molecule has 0 N–H and O–H groups in total. The third-order valence-corrected chi connectivity index (χ3v) is 4.41. The first-order chi connectivity index (χ1) is 10.7. The molecule has 0 aromatic carbocycles. The SMILES string of the molecule is CC(C)c1nc([C@@H]2CCCN2Cc2nnnn2C2CC2)no1. The van der Waals surface area contributed by atoms with E-state index in [9.17, 15) is 0 Å². The maximum atomic E-state index is 5.36. The van der Waals surface area contributed by atoms with Crippen molar-refractivity contribution in [2.24, 2.45) is 0 Å². The van der Waals surface area contributed by atoms with Crippen LogP contribution in [0.25, 0.3) is 0 Å². The van der Waals surface area contributed by atoms with Crippen molar-refractivity contribution in [1.29, 1.82) is 0 Å². The summed E-state index contributed by atoms with van der Waals surface area (Å²) in [4.78, 5) is 6.92. The van der Waals surface area contributed by atoms with Crippen LogP contribution in [0.15, 0.2) is 4.52 Å². The van der Waals surface area contributed by atoms with E-state index in [4.69, 9.17) is 4.52 Å². The molecule has 4 rings (SSSR count). The second-order valence-corrected chi connectivity index (χ2v) is 6.54. The molecule has 8 heteroatoms. The average molecular weight is 303 g/mol. The zero-order chi connectivity index (χ0) is 15.1. The first-order valence-corrected chi connectivity index (χ1v) is 8.06. The van der Waals surface area contributed by atoms with E-state index in [0.29, 0.717) is 11.9 Å². The molecule has 1 aliphatic heterocycles. The van der Waals surface area contributed by atoms with E-state index >= 15 is 0 Å². The number of hydrogen-bond donors (Lipinski definition) is 0. The van der Waals surface area contributed by atoms with Crippen molar-refractivity contribution >= 4 is 0 Å². The monoisotopic (exact) mass is 303 g/mol. The molecule has 0 spiro atoms. The molecule has 0 radical (unpaired) electrons. The van der Waals surface area contributed by atoms with Crippen LogP contribution in [-0.4, -0.2) is 41.8 Å². The van der Waals surface area contributed by atoms with Gasteiger partial charge in [0.25, 0.3) is 0 Å². The van der Waals surface area contributed by atoms with Gasteiger partial charge in [-0.05, 0) is 42.7 Å². The Bertz CT molecular complexity index is 645. The van der Waals surface area contributed by atoms with Gasteiger partial charge in [-0.2, -0.15) is 4.98 Å². The van der Waals surface area contributed by atoms with Gasteiger partial charge in [-0.3, -0.25) is 4.90 Å². The molecule has 1 saturated carbocycles. The molecule has 1 atom stereocenters. The molecular formula is C14H21N7O. The van der Waals surface area contributed by atoms with Crippen molar-refractivity contribution in [3.63, 3.8) is 0 Å². The fourth-order valence-electron chi connectivity index (χ4n) is 3.03. The molecule has 0 amide bonds. The van der Waals surface area contributed by atoms with Crippen LogP contribution in [0.5, 0.6) is 0 Å². The number of rotatable bonds is 5. The summed E-state index contributed by atoms with van der Waals surface area (Å²) in [6.45, 7) is 5.90. The quantitative estimate of drug-likeness (QED) is 0.833. The minimum Gasteiger partial charge on any atom is -0.339 e. The van der Waals surface area contributed by atoms with E-state index in [1.165, 1.54) is 12.8 Å². The largest absolute Gasteiger partial charge is 0.339 e. The minimum atomic E-state index is 0.209. The number of tetrazole rings is 1. The van der Waals surface area contributed by atoms with Gasteiger partial charge in [-0.1, -0.05) is 19.0 Å². The van der Waals surface area contributed by atoms with Crippen molar-refractivity contribution in [2.75, 3.05) is 6.54 Å². The summed E-state index contributed by atoms with van der Waals surface area (Å²) >= 11 is 0. The molecule has 0 unspecified atom stereocenters. The van der Waals surface area contributed by atoms with E-state index in [1.54, 1.807) is 0 Å². The summed E-state index contributed by atoms with van der Waals surface area (Å²) in [6.07, 6.45) is 4.57. The lowest BCUT2D eigenvalue weighted by atomic mass is 10.2. The van der Waals surface area contributed by atoms with E-state index < -0.39 is 0 Å². The zero-order valence-corrected chi connectivity index (χ0v) is 13.0. The molecule has 2 fully saturated rings. The van der Waals surface area contributed by atoms with Crippen LogP contribution in [0, 0.1) is 0 Å². The fourth-order valence-corrected chi connectivity index (χ4v) is 3.03. The Balaban J connectivity index is 1.51. The van der Waals surface area contributed by atoms with Crippen LogP contribution in [0.4, 0.5) is 0 Å². The van der Waals surface area contributed by atoms with Gasteiger partial charge in [0.05, 0.1) is 18.6 Å². The van der Waals surface area contributed by atoms with Crippen LogP contribution < -0.4 is 0 Å². The molecule has 1 saturated heterocycles. The van der Waals surface area contributed by atoms with Crippen molar-refractivity contribution < 1.29 is 4.52 Å². The van der Waals surface area contributed by atoms with Gasteiger partial charge in [-0.25, -0.2) is 4.68 Å². The Morgan fingerprint density at radius 2 is 2.14 bits per heavy atom. The second kappa shape index (κ2) is 5.42. The summed E-state index contributed by atoms with van der Waals surface area (Å²) in [5.74, 6) is 2.72. The fraction of sp³-hybridized carbons (Fsp3) is 0.786. The molecular weight excluding hydrogens is 282 g/mol. The molecule has 1 aliphatic carbocycles. The van der Waals surface area contributed by atoms with Gasteiger partial charge < -0.3 is 4.52 Å². The van der Waals surface area contributed by atoms with Crippen LogP contribution >= 0.6 is 0 Å². The van der Waals surface area contributed by atoms with E-state index in [1.807, 2.05) is 4.68 Å². The highest BCUT2D eigenvalue weighted by Gasteiger charge is 2.33. The first kappa shape index (κ1) is 13.8.